The first-order valence-corrected chi connectivity index (χ1v) is 6.22. The van der Waals surface area contributed by atoms with Crippen molar-refractivity contribution in [3.8, 4) is 5.75 Å². The maximum Gasteiger partial charge on any atom is 0.118 e. The van der Waals surface area contributed by atoms with Crippen LogP contribution in [0.15, 0.2) is 24.3 Å². The molecule has 1 saturated carbocycles. The smallest absolute Gasteiger partial charge is 0.118 e. The van der Waals surface area contributed by atoms with Crippen LogP contribution in [0.1, 0.15) is 24.8 Å². The zero-order valence-corrected chi connectivity index (χ0v) is 10.4. The predicted octanol–water partition coefficient (Wildman–Crippen LogP) is 1.95. The lowest BCUT2D eigenvalue weighted by atomic mass is 10.0. The van der Waals surface area contributed by atoms with Crippen LogP contribution in [0.3, 0.4) is 0 Å². The Morgan fingerprint density at radius 2 is 2.00 bits per heavy atom. The molecule has 2 N–H and O–H groups in total. The van der Waals surface area contributed by atoms with Crippen molar-refractivity contribution in [2.24, 2.45) is 5.41 Å². The average molecular weight is 235 g/mol. The number of hydrogen-bond acceptors (Lipinski definition) is 3. The van der Waals surface area contributed by atoms with Gasteiger partial charge in [0.15, 0.2) is 0 Å². The maximum atomic E-state index is 8.97. The fourth-order valence-electron chi connectivity index (χ4n) is 2.14. The number of aliphatic hydroxyl groups is 1. The van der Waals surface area contributed by atoms with Gasteiger partial charge >= 0.3 is 0 Å². The summed E-state index contributed by atoms with van der Waals surface area (Å²) >= 11 is 0. The van der Waals surface area contributed by atoms with Gasteiger partial charge < -0.3 is 15.2 Å². The van der Waals surface area contributed by atoms with Gasteiger partial charge in [-0.15, -0.1) is 0 Å². The van der Waals surface area contributed by atoms with Crippen molar-refractivity contribution < 1.29 is 9.84 Å². The molecular weight excluding hydrogens is 214 g/mol. The second kappa shape index (κ2) is 5.52. The highest BCUT2D eigenvalue weighted by Gasteiger charge is 2.41. The van der Waals surface area contributed by atoms with Crippen LogP contribution in [-0.4, -0.2) is 25.4 Å². The summed E-state index contributed by atoms with van der Waals surface area (Å²) in [5.41, 5.74) is 1.66. The number of hydrogen-bond donors (Lipinski definition) is 2. The molecule has 0 unspecified atom stereocenters. The maximum absolute atomic E-state index is 8.97. The fourth-order valence-corrected chi connectivity index (χ4v) is 2.14. The molecule has 1 aliphatic carbocycles. The molecule has 0 saturated heterocycles. The number of ether oxygens (including phenoxy) is 1. The number of benzene rings is 1. The van der Waals surface area contributed by atoms with E-state index in [1.807, 2.05) is 12.1 Å². The highest BCUT2D eigenvalue weighted by Crippen LogP contribution is 2.47. The molecule has 3 nitrogen and oxygen atoms in total. The van der Waals surface area contributed by atoms with Gasteiger partial charge in [-0.2, -0.15) is 0 Å². The molecular formula is C14H21NO2. The zero-order valence-electron chi connectivity index (χ0n) is 10.4. The Morgan fingerprint density at radius 1 is 1.29 bits per heavy atom. The summed E-state index contributed by atoms with van der Waals surface area (Å²) < 4.78 is 5.12. The minimum atomic E-state index is 0.310. The molecule has 94 valence electrons. The van der Waals surface area contributed by atoms with Crippen LogP contribution < -0.4 is 10.1 Å². The van der Waals surface area contributed by atoms with Crippen LogP contribution in [0.2, 0.25) is 0 Å². The summed E-state index contributed by atoms with van der Waals surface area (Å²) in [5.74, 6) is 0.896. The first-order chi connectivity index (χ1) is 8.28. The Balaban J connectivity index is 1.74. The van der Waals surface area contributed by atoms with Crippen LogP contribution in [0.4, 0.5) is 0 Å². The second-order valence-electron chi connectivity index (χ2n) is 4.93. The van der Waals surface area contributed by atoms with Crippen LogP contribution in [0.25, 0.3) is 0 Å². The molecule has 0 spiro atoms. The zero-order chi connectivity index (χ0) is 12.1. The molecule has 3 heteroatoms. The molecule has 1 aliphatic rings. The second-order valence-corrected chi connectivity index (χ2v) is 4.93. The van der Waals surface area contributed by atoms with Crippen molar-refractivity contribution >= 4 is 0 Å². The third-order valence-corrected chi connectivity index (χ3v) is 3.59. The van der Waals surface area contributed by atoms with E-state index in [0.717, 1.165) is 25.3 Å². The number of nitrogens with one attached hydrogen (secondary N) is 1. The van der Waals surface area contributed by atoms with Crippen molar-refractivity contribution in [2.45, 2.75) is 25.8 Å². The lowest BCUT2D eigenvalue weighted by molar-refractivity contribution is 0.245. The van der Waals surface area contributed by atoms with Crippen molar-refractivity contribution in [1.29, 1.82) is 0 Å². The Hall–Kier alpha value is -1.06. The van der Waals surface area contributed by atoms with Gasteiger partial charge in [0.25, 0.3) is 0 Å². The quantitative estimate of drug-likeness (QED) is 0.759. The Morgan fingerprint density at radius 3 is 2.53 bits per heavy atom. The summed E-state index contributed by atoms with van der Waals surface area (Å²) in [6.45, 7) is 2.21. The third kappa shape index (κ3) is 3.45. The van der Waals surface area contributed by atoms with Crippen LogP contribution >= 0.6 is 0 Å². The SMILES string of the molecule is COc1ccc(CNCC2(CCO)CC2)cc1. The van der Waals surface area contributed by atoms with E-state index in [2.05, 4.69) is 17.4 Å². The molecule has 17 heavy (non-hydrogen) atoms. The molecule has 2 rings (SSSR count). The van der Waals surface area contributed by atoms with Gasteiger partial charge in [-0.05, 0) is 42.4 Å². The first kappa shape index (κ1) is 12.4. The van der Waals surface area contributed by atoms with E-state index in [4.69, 9.17) is 9.84 Å². The summed E-state index contributed by atoms with van der Waals surface area (Å²) in [5, 5.41) is 12.4. The van der Waals surface area contributed by atoms with Crippen molar-refractivity contribution in [3.63, 3.8) is 0 Å². The van der Waals surface area contributed by atoms with Gasteiger partial charge in [-0.1, -0.05) is 12.1 Å². The molecule has 1 aromatic rings. The highest BCUT2D eigenvalue weighted by atomic mass is 16.5. The molecule has 0 aliphatic heterocycles. The molecule has 0 atom stereocenters. The Labute approximate surface area is 103 Å². The lowest BCUT2D eigenvalue weighted by Gasteiger charge is -2.14. The molecule has 0 amide bonds. The van der Waals surface area contributed by atoms with Crippen LogP contribution in [0.5, 0.6) is 5.75 Å². The van der Waals surface area contributed by atoms with E-state index >= 15 is 0 Å². The fraction of sp³-hybridized carbons (Fsp3) is 0.571. The Kier molecular flexibility index (Phi) is 4.02. The highest BCUT2D eigenvalue weighted by molar-refractivity contribution is 5.27. The van der Waals surface area contributed by atoms with E-state index in [9.17, 15) is 0 Å². The summed E-state index contributed by atoms with van der Waals surface area (Å²) in [6.07, 6.45) is 3.44. The molecule has 0 heterocycles. The van der Waals surface area contributed by atoms with E-state index in [0.29, 0.717) is 12.0 Å². The van der Waals surface area contributed by atoms with Crippen molar-refractivity contribution in [1.82, 2.24) is 5.32 Å². The minimum Gasteiger partial charge on any atom is -0.497 e. The monoisotopic (exact) mass is 235 g/mol. The third-order valence-electron chi connectivity index (χ3n) is 3.59. The van der Waals surface area contributed by atoms with Gasteiger partial charge in [0, 0.05) is 19.7 Å². The summed E-state index contributed by atoms with van der Waals surface area (Å²) in [7, 11) is 1.68. The normalized spacial score (nSPS) is 16.8. The van der Waals surface area contributed by atoms with Gasteiger partial charge in [0.2, 0.25) is 0 Å². The minimum absolute atomic E-state index is 0.310. The van der Waals surface area contributed by atoms with Crippen molar-refractivity contribution in [2.75, 3.05) is 20.3 Å². The summed E-state index contributed by atoms with van der Waals surface area (Å²) in [4.78, 5) is 0. The van der Waals surface area contributed by atoms with Gasteiger partial charge in [-0.3, -0.25) is 0 Å². The molecule has 0 aromatic heterocycles. The largest absolute Gasteiger partial charge is 0.497 e. The lowest BCUT2D eigenvalue weighted by Crippen LogP contribution is -2.24. The van der Waals surface area contributed by atoms with E-state index in [1.54, 1.807) is 7.11 Å². The molecule has 1 aromatic carbocycles. The Bertz CT molecular complexity index is 344. The van der Waals surface area contributed by atoms with Crippen LogP contribution in [0, 0.1) is 5.41 Å². The van der Waals surface area contributed by atoms with E-state index in [1.165, 1.54) is 18.4 Å². The molecule has 0 bridgehead atoms. The number of aliphatic hydroxyl groups excluding tert-OH is 1. The standard InChI is InChI=1S/C14H21NO2/c1-17-13-4-2-12(3-5-13)10-15-11-14(6-7-14)8-9-16/h2-5,15-16H,6-11H2,1H3. The average Bonchev–Trinajstić information content (AvgIpc) is 3.11. The topological polar surface area (TPSA) is 41.5 Å². The summed E-state index contributed by atoms with van der Waals surface area (Å²) in [6, 6.07) is 8.13. The number of rotatable bonds is 7. The van der Waals surface area contributed by atoms with Gasteiger partial charge in [0.05, 0.1) is 7.11 Å². The predicted molar refractivity (Wildman–Crippen MR) is 68.1 cm³/mol. The first-order valence-electron chi connectivity index (χ1n) is 6.22. The molecule has 1 fully saturated rings. The van der Waals surface area contributed by atoms with Crippen LogP contribution in [-0.2, 0) is 6.54 Å². The molecule has 0 radical (unpaired) electrons. The van der Waals surface area contributed by atoms with E-state index < -0.39 is 0 Å². The van der Waals surface area contributed by atoms with Gasteiger partial charge in [-0.25, -0.2) is 0 Å². The van der Waals surface area contributed by atoms with E-state index in [-0.39, 0.29) is 0 Å². The van der Waals surface area contributed by atoms with Crippen molar-refractivity contribution in [3.05, 3.63) is 29.8 Å². The van der Waals surface area contributed by atoms with Gasteiger partial charge in [0.1, 0.15) is 5.75 Å². The number of methoxy groups -OCH3 is 1.